The highest BCUT2D eigenvalue weighted by Crippen LogP contribution is 2.32. The zero-order chi connectivity index (χ0) is 17.2. The van der Waals surface area contributed by atoms with Gasteiger partial charge >= 0.3 is 12.1 Å². The van der Waals surface area contributed by atoms with Crippen LogP contribution in [0.15, 0.2) is 48.5 Å². The lowest BCUT2D eigenvalue weighted by Gasteiger charge is -2.24. The molecule has 0 saturated carbocycles. The maximum atomic E-state index is 12.9. The monoisotopic (exact) mass is 336 g/mol. The molecule has 0 amide bonds. The van der Waals surface area contributed by atoms with Crippen LogP contribution in [0.25, 0.3) is 0 Å². The van der Waals surface area contributed by atoms with E-state index < -0.39 is 30.2 Å². The van der Waals surface area contributed by atoms with Crippen LogP contribution in [-0.4, -0.2) is 12.6 Å². The van der Waals surface area contributed by atoms with Crippen molar-refractivity contribution in [1.29, 1.82) is 0 Å². The van der Waals surface area contributed by atoms with Crippen molar-refractivity contribution in [1.82, 2.24) is 0 Å². The zero-order valence-electron chi connectivity index (χ0n) is 12.7. The van der Waals surface area contributed by atoms with Crippen LogP contribution >= 0.6 is 0 Å². The van der Waals surface area contributed by atoms with E-state index in [2.05, 4.69) is 0 Å². The first-order chi connectivity index (χ1) is 11.4. The molecular weight excluding hydrogens is 321 g/mol. The molecule has 0 N–H and O–H groups in total. The summed E-state index contributed by atoms with van der Waals surface area (Å²) in [6, 6.07) is 12.4. The van der Waals surface area contributed by atoms with Crippen LogP contribution in [0.1, 0.15) is 16.7 Å². The summed E-state index contributed by atoms with van der Waals surface area (Å²) in [6.07, 6.45) is -4.02. The zero-order valence-corrected chi connectivity index (χ0v) is 12.7. The summed E-state index contributed by atoms with van der Waals surface area (Å²) in [4.78, 5) is 12.2. The molecule has 2 aromatic rings. The molecule has 1 aliphatic rings. The Bertz CT molecular complexity index is 740. The molecule has 0 radical (unpaired) electrons. The first-order valence-corrected chi connectivity index (χ1v) is 7.47. The molecule has 3 rings (SSSR count). The van der Waals surface area contributed by atoms with Crippen molar-refractivity contribution in [3.63, 3.8) is 0 Å². The van der Waals surface area contributed by atoms with E-state index in [1.807, 2.05) is 24.3 Å². The van der Waals surface area contributed by atoms with E-state index in [9.17, 15) is 18.0 Å². The molecule has 24 heavy (non-hydrogen) atoms. The smallest absolute Gasteiger partial charge is 0.416 e. The van der Waals surface area contributed by atoms with E-state index >= 15 is 0 Å². The highest BCUT2D eigenvalue weighted by atomic mass is 19.4. The number of esters is 1. The number of benzene rings is 2. The van der Waals surface area contributed by atoms with Crippen LogP contribution in [0.3, 0.4) is 0 Å². The van der Waals surface area contributed by atoms with Crippen molar-refractivity contribution < 1.29 is 27.4 Å². The molecule has 1 atom stereocenters. The van der Waals surface area contributed by atoms with Crippen LogP contribution in [0.4, 0.5) is 13.2 Å². The van der Waals surface area contributed by atoms with Crippen molar-refractivity contribution in [3.05, 3.63) is 65.2 Å². The fraction of sp³-hybridized carbons (Fsp3) is 0.278. The first-order valence-electron chi connectivity index (χ1n) is 7.47. The number of hydrogen-bond donors (Lipinski definition) is 0. The molecule has 1 heterocycles. The van der Waals surface area contributed by atoms with Crippen molar-refractivity contribution >= 4 is 5.97 Å². The van der Waals surface area contributed by atoms with Crippen LogP contribution < -0.4 is 4.74 Å². The lowest BCUT2D eigenvalue weighted by atomic mass is 9.97. The molecule has 0 bridgehead atoms. The van der Waals surface area contributed by atoms with Gasteiger partial charge in [-0.25, -0.2) is 0 Å². The van der Waals surface area contributed by atoms with Crippen molar-refractivity contribution in [2.45, 2.75) is 19.2 Å². The average Bonchev–Trinajstić information content (AvgIpc) is 2.58. The molecule has 0 aromatic heterocycles. The Balaban J connectivity index is 1.65. The normalized spacial score (nSPS) is 16.9. The third-order valence-corrected chi connectivity index (χ3v) is 3.90. The molecule has 3 nitrogen and oxygen atoms in total. The van der Waals surface area contributed by atoms with Gasteiger partial charge in [0.2, 0.25) is 0 Å². The van der Waals surface area contributed by atoms with Gasteiger partial charge in [-0.2, -0.15) is 13.2 Å². The van der Waals surface area contributed by atoms with Crippen LogP contribution in [0.2, 0.25) is 0 Å². The van der Waals surface area contributed by atoms with E-state index in [1.54, 1.807) is 0 Å². The Morgan fingerprint density at radius 1 is 1.12 bits per heavy atom. The second-order valence-electron chi connectivity index (χ2n) is 5.58. The fourth-order valence-corrected chi connectivity index (χ4v) is 2.67. The number of rotatable bonds is 3. The summed E-state index contributed by atoms with van der Waals surface area (Å²) in [5.74, 6) is -0.344. The molecule has 0 spiro atoms. The summed E-state index contributed by atoms with van der Waals surface area (Å²) in [7, 11) is 0. The van der Waals surface area contributed by atoms with Gasteiger partial charge in [0.25, 0.3) is 0 Å². The summed E-state index contributed by atoms with van der Waals surface area (Å²) in [6.45, 7) is -0.247. The molecule has 1 unspecified atom stereocenters. The molecule has 0 fully saturated rings. The maximum Gasteiger partial charge on any atom is 0.416 e. The van der Waals surface area contributed by atoms with Gasteiger partial charge in [0.15, 0.2) is 0 Å². The minimum atomic E-state index is -4.48. The third-order valence-electron chi connectivity index (χ3n) is 3.90. The Morgan fingerprint density at radius 3 is 2.62 bits per heavy atom. The Hall–Kier alpha value is -2.50. The number of alkyl halides is 3. The Labute approximate surface area is 137 Å². The molecule has 126 valence electrons. The van der Waals surface area contributed by atoms with Gasteiger partial charge < -0.3 is 9.47 Å². The lowest BCUT2D eigenvalue weighted by Crippen LogP contribution is -2.29. The number of para-hydroxylation sites is 1. The van der Waals surface area contributed by atoms with Gasteiger partial charge in [-0.15, -0.1) is 0 Å². The quantitative estimate of drug-likeness (QED) is 0.795. The third kappa shape index (κ3) is 3.53. The average molecular weight is 336 g/mol. The lowest BCUT2D eigenvalue weighted by molar-refractivity contribution is -0.153. The Kier molecular flexibility index (Phi) is 4.46. The number of ether oxygens (including phenoxy) is 2. The standard InChI is InChI=1S/C18H15F3O3/c19-18(20,21)15-7-3-1-6-13(15)10-24-17(22)14-9-12-5-2-4-8-16(12)23-11-14/h1-8,14H,9-11H2. The van der Waals surface area contributed by atoms with Gasteiger partial charge in [-0.1, -0.05) is 36.4 Å². The minimum absolute atomic E-state index is 0.0597. The second-order valence-corrected chi connectivity index (χ2v) is 5.58. The van der Waals surface area contributed by atoms with Crippen LogP contribution in [-0.2, 0) is 28.7 Å². The highest BCUT2D eigenvalue weighted by molar-refractivity contribution is 5.73. The second kappa shape index (κ2) is 6.55. The summed E-state index contributed by atoms with van der Waals surface area (Å²) in [5, 5.41) is 0. The molecule has 2 aromatic carbocycles. The number of halogens is 3. The molecule has 1 aliphatic heterocycles. The largest absolute Gasteiger partial charge is 0.492 e. The number of hydrogen-bond acceptors (Lipinski definition) is 3. The van der Waals surface area contributed by atoms with Crippen LogP contribution in [0, 0.1) is 5.92 Å². The summed E-state index contributed by atoms with van der Waals surface area (Å²) < 4.78 is 49.4. The van der Waals surface area contributed by atoms with E-state index in [4.69, 9.17) is 9.47 Å². The first kappa shape index (κ1) is 16.4. The Morgan fingerprint density at radius 2 is 1.83 bits per heavy atom. The van der Waals surface area contributed by atoms with Gasteiger partial charge in [0.1, 0.15) is 19.0 Å². The van der Waals surface area contributed by atoms with Gasteiger partial charge in [0, 0.05) is 5.56 Å². The van der Waals surface area contributed by atoms with Crippen molar-refractivity contribution in [2.75, 3.05) is 6.61 Å². The summed E-state index contributed by atoms with van der Waals surface area (Å²) in [5.41, 5.74) is 0.0416. The fourth-order valence-electron chi connectivity index (χ4n) is 2.67. The predicted molar refractivity (Wildman–Crippen MR) is 80.4 cm³/mol. The molecule has 6 heteroatoms. The molecular formula is C18H15F3O3. The SMILES string of the molecule is O=C(OCc1ccccc1C(F)(F)F)C1COc2ccccc2C1. The van der Waals surface area contributed by atoms with Gasteiger partial charge in [-0.05, 0) is 24.1 Å². The van der Waals surface area contributed by atoms with E-state index in [0.717, 1.165) is 17.4 Å². The van der Waals surface area contributed by atoms with E-state index in [1.165, 1.54) is 18.2 Å². The van der Waals surface area contributed by atoms with Crippen molar-refractivity contribution in [3.8, 4) is 5.75 Å². The highest BCUT2D eigenvalue weighted by Gasteiger charge is 2.33. The number of carbonyl (C=O) groups is 1. The number of carbonyl (C=O) groups excluding carboxylic acids is 1. The number of fused-ring (bicyclic) bond motifs is 1. The van der Waals surface area contributed by atoms with Crippen molar-refractivity contribution in [2.24, 2.45) is 5.92 Å². The maximum absolute atomic E-state index is 12.9. The molecule has 0 aliphatic carbocycles. The minimum Gasteiger partial charge on any atom is -0.492 e. The topological polar surface area (TPSA) is 35.5 Å². The van der Waals surface area contributed by atoms with Gasteiger partial charge in [0.05, 0.1) is 11.5 Å². The van der Waals surface area contributed by atoms with Crippen LogP contribution in [0.5, 0.6) is 5.75 Å². The van der Waals surface area contributed by atoms with E-state index in [0.29, 0.717) is 6.42 Å². The molecule has 0 saturated heterocycles. The van der Waals surface area contributed by atoms with E-state index in [-0.39, 0.29) is 12.2 Å². The summed E-state index contributed by atoms with van der Waals surface area (Å²) >= 11 is 0. The van der Waals surface area contributed by atoms with Gasteiger partial charge in [-0.3, -0.25) is 4.79 Å². The predicted octanol–water partition coefficient (Wildman–Crippen LogP) is 4.00.